The summed E-state index contributed by atoms with van der Waals surface area (Å²) >= 11 is 0. The number of hydrogen-bond acceptors (Lipinski definition) is 2. The summed E-state index contributed by atoms with van der Waals surface area (Å²) in [6, 6.07) is 15.2. The minimum atomic E-state index is -0.933. The third-order valence-electron chi connectivity index (χ3n) is 3.57. The maximum Gasteiger partial charge on any atom is 0.336 e. The molecule has 0 aliphatic rings. The molecule has 0 bridgehead atoms. The zero-order valence-electron chi connectivity index (χ0n) is 10.8. The number of carboxylic acid groups (broad SMARTS) is 1. The Morgan fingerprint density at radius 1 is 1.00 bits per heavy atom. The van der Waals surface area contributed by atoms with Gasteiger partial charge in [0.05, 0.1) is 5.56 Å². The molecule has 3 nitrogen and oxygen atoms in total. The summed E-state index contributed by atoms with van der Waals surface area (Å²) < 4.78 is 0. The van der Waals surface area contributed by atoms with Gasteiger partial charge in [-0.2, -0.15) is 0 Å². The lowest BCUT2D eigenvalue weighted by Gasteiger charge is -2.12. The van der Waals surface area contributed by atoms with E-state index in [0.717, 1.165) is 27.1 Å². The van der Waals surface area contributed by atoms with Crippen molar-refractivity contribution in [3.63, 3.8) is 0 Å². The molecule has 0 unspecified atom stereocenters. The first-order chi connectivity index (χ1) is 9.72. The number of aliphatic hydroxyl groups excluding tert-OH is 1. The second kappa shape index (κ2) is 4.94. The van der Waals surface area contributed by atoms with Gasteiger partial charge >= 0.3 is 5.97 Å². The average molecular weight is 266 g/mol. The molecule has 3 rings (SSSR count). The van der Waals surface area contributed by atoms with Crippen LogP contribution in [0.25, 0.3) is 21.5 Å². The van der Waals surface area contributed by atoms with Crippen LogP contribution in [0, 0.1) is 0 Å². The molecule has 0 aromatic heterocycles. The number of carbonyl (C=O) groups is 1. The van der Waals surface area contributed by atoms with Crippen molar-refractivity contribution in [2.45, 2.75) is 6.42 Å². The lowest BCUT2D eigenvalue weighted by Crippen LogP contribution is -2.02. The molecule has 0 radical (unpaired) electrons. The third kappa shape index (κ3) is 1.92. The van der Waals surface area contributed by atoms with E-state index in [-0.39, 0.29) is 6.61 Å². The molecule has 0 atom stereocenters. The summed E-state index contributed by atoms with van der Waals surface area (Å²) in [6.45, 7) is 0.00496. The van der Waals surface area contributed by atoms with Gasteiger partial charge in [0, 0.05) is 12.0 Å². The van der Waals surface area contributed by atoms with Gasteiger partial charge in [0.15, 0.2) is 0 Å². The van der Waals surface area contributed by atoms with Gasteiger partial charge in [-0.25, -0.2) is 4.79 Å². The van der Waals surface area contributed by atoms with Crippen molar-refractivity contribution < 1.29 is 15.0 Å². The highest BCUT2D eigenvalue weighted by Gasteiger charge is 2.16. The van der Waals surface area contributed by atoms with E-state index in [9.17, 15) is 15.0 Å². The Bertz CT molecular complexity index is 806. The molecule has 0 heterocycles. The normalized spacial score (nSPS) is 11.1. The van der Waals surface area contributed by atoms with E-state index in [1.165, 1.54) is 0 Å². The molecular formula is C17H14O3. The van der Waals surface area contributed by atoms with Gasteiger partial charge in [0.2, 0.25) is 0 Å². The van der Waals surface area contributed by atoms with E-state index in [1.54, 1.807) is 0 Å². The molecule has 0 saturated carbocycles. The third-order valence-corrected chi connectivity index (χ3v) is 3.57. The van der Waals surface area contributed by atoms with Crippen molar-refractivity contribution in [1.82, 2.24) is 0 Å². The van der Waals surface area contributed by atoms with Crippen LogP contribution in [0.1, 0.15) is 15.9 Å². The summed E-state index contributed by atoms with van der Waals surface area (Å²) in [6.07, 6.45) is 0.454. The quantitative estimate of drug-likeness (QED) is 0.715. The van der Waals surface area contributed by atoms with Crippen LogP contribution >= 0.6 is 0 Å². The van der Waals surface area contributed by atoms with Crippen LogP contribution in [-0.4, -0.2) is 22.8 Å². The molecule has 3 heteroatoms. The smallest absolute Gasteiger partial charge is 0.336 e. The van der Waals surface area contributed by atoms with E-state index in [4.69, 9.17) is 0 Å². The highest BCUT2D eigenvalue weighted by atomic mass is 16.4. The van der Waals surface area contributed by atoms with Gasteiger partial charge < -0.3 is 10.2 Å². The van der Waals surface area contributed by atoms with Crippen LogP contribution in [0.3, 0.4) is 0 Å². The highest BCUT2D eigenvalue weighted by molar-refractivity contribution is 6.16. The van der Waals surface area contributed by atoms with Crippen molar-refractivity contribution in [1.29, 1.82) is 0 Å². The highest BCUT2D eigenvalue weighted by Crippen LogP contribution is 2.31. The Labute approximate surface area is 116 Å². The van der Waals surface area contributed by atoms with Crippen LogP contribution in [0.2, 0.25) is 0 Å². The predicted molar refractivity (Wildman–Crippen MR) is 79.2 cm³/mol. The molecule has 0 fully saturated rings. The number of aromatic carboxylic acids is 1. The zero-order valence-corrected chi connectivity index (χ0v) is 10.8. The van der Waals surface area contributed by atoms with Crippen molar-refractivity contribution in [3.05, 3.63) is 59.7 Å². The molecule has 0 spiro atoms. The van der Waals surface area contributed by atoms with Crippen LogP contribution in [0.4, 0.5) is 0 Å². The largest absolute Gasteiger partial charge is 0.478 e. The summed E-state index contributed by atoms with van der Waals surface area (Å²) in [4.78, 5) is 11.7. The van der Waals surface area contributed by atoms with Crippen LogP contribution in [-0.2, 0) is 6.42 Å². The van der Waals surface area contributed by atoms with Gasteiger partial charge in [-0.1, -0.05) is 42.5 Å². The lowest BCUT2D eigenvalue weighted by molar-refractivity contribution is 0.0701. The Hall–Kier alpha value is -2.39. The number of benzene rings is 3. The Balaban J connectivity index is 2.52. The summed E-state index contributed by atoms with van der Waals surface area (Å²) in [5.74, 6) is -0.933. The fourth-order valence-electron chi connectivity index (χ4n) is 2.75. The number of fused-ring (bicyclic) bond motifs is 2. The Kier molecular flexibility index (Phi) is 3.12. The zero-order chi connectivity index (χ0) is 14.1. The SMILES string of the molecule is O=C(O)c1c2ccccc2cc2cccc(CCO)c12. The first-order valence-corrected chi connectivity index (χ1v) is 6.50. The maximum atomic E-state index is 11.7. The van der Waals surface area contributed by atoms with E-state index >= 15 is 0 Å². The molecule has 0 aliphatic heterocycles. The van der Waals surface area contributed by atoms with Crippen LogP contribution < -0.4 is 0 Å². The van der Waals surface area contributed by atoms with Gasteiger partial charge in [-0.3, -0.25) is 0 Å². The molecule has 3 aromatic carbocycles. The average Bonchev–Trinajstić information content (AvgIpc) is 2.45. The standard InChI is InChI=1S/C17H14O3/c18-9-8-11-5-3-6-13-10-12-4-1-2-7-14(12)16(15(11)13)17(19)20/h1-7,10,18H,8-9H2,(H,19,20). The first kappa shape index (κ1) is 12.6. The molecule has 100 valence electrons. The van der Waals surface area contributed by atoms with Gasteiger partial charge in [-0.05, 0) is 34.2 Å². The summed E-state index contributed by atoms with van der Waals surface area (Å²) in [5.41, 5.74) is 1.19. The maximum absolute atomic E-state index is 11.7. The minimum absolute atomic E-state index is 0.00496. The summed E-state index contributed by atoms with van der Waals surface area (Å²) in [5, 5.41) is 22.1. The molecule has 2 N–H and O–H groups in total. The topological polar surface area (TPSA) is 57.5 Å². The fourth-order valence-corrected chi connectivity index (χ4v) is 2.75. The monoisotopic (exact) mass is 266 g/mol. The Morgan fingerprint density at radius 2 is 1.75 bits per heavy atom. The number of rotatable bonds is 3. The number of carboxylic acids is 1. The first-order valence-electron chi connectivity index (χ1n) is 6.50. The van der Waals surface area contributed by atoms with Gasteiger partial charge in [0.1, 0.15) is 0 Å². The molecule has 0 amide bonds. The van der Waals surface area contributed by atoms with Crippen LogP contribution in [0.15, 0.2) is 48.5 Å². The van der Waals surface area contributed by atoms with Crippen molar-refractivity contribution in [2.75, 3.05) is 6.61 Å². The summed E-state index contributed by atoms with van der Waals surface area (Å²) in [7, 11) is 0. The van der Waals surface area contributed by atoms with Crippen molar-refractivity contribution in [2.24, 2.45) is 0 Å². The van der Waals surface area contributed by atoms with Crippen LogP contribution in [0.5, 0.6) is 0 Å². The van der Waals surface area contributed by atoms with Gasteiger partial charge in [-0.15, -0.1) is 0 Å². The Morgan fingerprint density at radius 3 is 2.50 bits per heavy atom. The number of aliphatic hydroxyl groups is 1. The molecule has 3 aromatic rings. The molecular weight excluding hydrogens is 252 g/mol. The van der Waals surface area contributed by atoms with Crippen molar-refractivity contribution >= 4 is 27.5 Å². The van der Waals surface area contributed by atoms with Crippen molar-refractivity contribution in [3.8, 4) is 0 Å². The molecule has 20 heavy (non-hydrogen) atoms. The molecule has 0 aliphatic carbocycles. The van der Waals surface area contributed by atoms with Gasteiger partial charge in [0.25, 0.3) is 0 Å². The predicted octanol–water partition coefficient (Wildman–Crippen LogP) is 3.23. The number of hydrogen-bond donors (Lipinski definition) is 2. The second-order valence-corrected chi connectivity index (χ2v) is 4.77. The van der Waals surface area contributed by atoms with E-state index in [2.05, 4.69) is 0 Å². The lowest BCUT2D eigenvalue weighted by atomic mass is 9.92. The minimum Gasteiger partial charge on any atom is -0.478 e. The van der Waals surface area contributed by atoms with E-state index < -0.39 is 5.97 Å². The fraction of sp³-hybridized carbons (Fsp3) is 0.118. The molecule has 0 saturated heterocycles. The second-order valence-electron chi connectivity index (χ2n) is 4.77. The van der Waals surface area contributed by atoms with E-state index in [0.29, 0.717) is 12.0 Å². The van der Waals surface area contributed by atoms with E-state index in [1.807, 2.05) is 48.5 Å².